The van der Waals surface area contributed by atoms with Gasteiger partial charge in [0, 0.05) is 18.8 Å². The van der Waals surface area contributed by atoms with E-state index in [4.69, 9.17) is 16.6 Å². The van der Waals surface area contributed by atoms with Crippen molar-refractivity contribution in [3.63, 3.8) is 0 Å². The molecule has 4 rings (SSSR count). The number of benzene rings is 1. The molecule has 4 aromatic rings. The molecular formula is C22H26ClN5. The third-order valence-corrected chi connectivity index (χ3v) is 5.70. The summed E-state index contributed by atoms with van der Waals surface area (Å²) in [6, 6.07) is 8.70. The zero-order valence-electron chi connectivity index (χ0n) is 16.8. The molecule has 146 valence electrons. The summed E-state index contributed by atoms with van der Waals surface area (Å²) in [6.45, 7) is 9.33. The van der Waals surface area contributed by atoms with Crippen molar-refractivity contribution >= 4 is 28.5 Å². The summed E-state index contributed by atoms with van der Waals surface area (Å²) in [6.07, 6.45) is 5.99. The van der Waals surface area contributed by atoms with E-state index in [-0.39, 0.29) is 0 Å². The van der Waals surface area contributed by atoms with Crippen molar-refractivity contribution in [2.45, 2.75) is 53.1 Å². The van der Waals surface area contributed by atoms with Crippen LogP contribution in [0.15, 0.2) is 36.7 Å². The van der Waals surface area contributed by atoms with Crippen LogP contribution in [-0.4, -0.2) is 25.0 Å². The molecular weight excluding hydrogens is 370 g/mol. The molecule has 0 aliphatic rings. The molecule has 0 saturated heterocycles. The van der Waals surface area contributed by atoms with Gasteiger partial charge in [-0.3, -0.25) is 8.97 Å². The first-order valence-corrected chi connectivity index (χ1v) is 10.2. The predicted molar refractivity (Wildman–Crippen MR) is 116 cm³/mol. The number of fused-ring (bicyclic) bond motifs is 3. The fraction of sp³-hybridized carbons (Fsp3) is 0.364. The van der Waals surface area contributed by atoms with Gasteiger partial charge < -0.3 is 5.32 Å². The summed E-state index contributed by atoms with van der Waals surface area (Å²) in [7, 11) is 0. The molecule has 0 bridgehead atoms. The lowest BCUT2D eigenvalue weighted by Crippen LogP contribution is -2.27. The molecule has 0 fully saturated rings. The van der Waals surface area contributed by atoms with Gasteiger partial charge in [-0.15, -0.1) is 0 Å². The molecule has 6 heteroatoms. The standard InChI is InChI=1S/C22H26ClN5/c1-5-16(6-2)25-12-17-13-26-22-27(17)19-8-7-9-24-21(19)28(22)20-15(4)10-14(3)11-18(20)23/h7-11,13,16,25H,5-6,12H2,1-4H3. The Balaban J connectivity index is 1.93. The van der Waals surface area contributed by atoms with Crippen LogP contribution < -0.4 is 5.32 Å². The quantitative estimate of drug-likeness (QED) is 0.486. The van der Waals surface area contributed by atoms with Gasteiger partial charge in [0.2, 0.25) is 5.78 Å². The van der Waals surface area contributed by atoms with Crippen LogP contribution in [0.1, 0.15) is 43.5 Å². The summed E-state index contributed by atoms with van der Waals surface area (Å²) < 4.78 is 4.26. The minimum absolute atomic E-state index is 0.505. The maximum absolute atomic E-state index is 6.68. The zero-order valence-corrected chi connectivity index (χ0v) is 17.6. The molecule has 1 aromatic carbocycles. The van der Waals surface area contributed by atoms with Crippen molar-refractivity contribution in [3.8, 4) is 5.69 Å². The van der Waals surface area contributed by atoms with Crippen LogP contribution in [0, 0.1) is 13.8 Å². The second-order valence-corrected chi connectivity index (χ2v) is 7.78. The van der Waals surface area contributed by atoms with E-state index in [0.29, 0.717) is 11.1 Å². The van der Waals surface area contributed by atoms with Crippen molar-refractivity contribution in [1.29, 1.82) is 0 Å². The maximum atomic E-state index is 6.68. The van der Waals surface area contributed by atoms with Crippen LogP contribution in [-0.2, 0) is 6.54 Å². The number of imidazole rings is 2. The predicted octanol–water partition coefficient (Wildman–Crippen LogP) is 5.22. The Morgan fingerprint density at radius 3 is 2.64 bits per heavy atom. The van der Waals surface area contributed by atoms with Gasteiger partial charge in [0.25, 0.3) is 0 Å². The van der Waals surface area contributed by atoms with Crippen molar-refractivity contribution in [2.24, 2.45) is 0 Å². The van der Waals surface area contributed by atoms with Gasteiger partial charge in [-0.25, -0.2) is 9.97 Å². The van der Waals surface area contributed by atoms with Crippen molar-refractivity contribution < 1.29 is 0 Å². The molecule has 0 amide bonds. The molecule has 0 aliphatic carbocycles. The van der Waals surface area contributed by atoms with E-state index in [9.17, 15) is 0 Å². The van der Waals surface area contributed by atoms with E-state index in [1.54, 1.807) is 0 Å². The molecule has 0 atom stereocenters. The SMILES string of the molecule is CCC(CC)NCc1cnc2n(-c3c(C)cc(C)cc3Cl)c3ncccc3n12. The summed E-state index contributed by atoms with van der Waals surface area (Å²) in [5.41, 5.74) is 6.21. The molecule has 0 aliphatic heterocycles. The molecule has 0 saturated carbocycles. The van der Waals surface area contributed by atoms with Crippen LogP contribution in [0.4, 0.5) is 0 Å². The van der Waals surface area contributed by atoms with Gasteiger partial charge in [0.1, 0.15) is 0 Å². The minimum Gasteiger partial charge on any atom is -0.308 e. The van der Waals surface area contributed by atoms with Gasteiger partial charge in [-0.2, -0.15) is 0 Å². The average Bonchev–Trinajstić information content (AvgIpc) is 3.21. The van der Waals surface area contributed by atoms with Crippen LogP contribution in [0.2, 0.25) is 5.02 Å². The number of nitrogens with one attached hydrogen (secondary N) is 1. The Hall–Kier alpha value is -2.37. The Labute approximate surface area is 170 Å². The van der Waals surface area contributed by atoms with Crippen LogP contribution in [0.5, 0.6) is 0 Å². The maximum Gasteiger partial charge on any atom is 0.221 e. The fourth-order valence-electron chi connectivity index (χ4n) is 3.97. The van der Waals surface area contributed by atoms with E-state index < -0.39 is 0 Å². The highest BCUT2D eigenvalue weighted by Crippen LogP contribution is 2.32. The lowest BCUT2D eigenvalue weighted by Gasteiger charge is -2.13. The normalized spacial score (nSPS) is 11.9. The second kappa shape index (κ2) is 7.57. The Morgan fingerprint density at radius 2 is 1.93 bits per heavy atom. The number of aromatic nitrogens is 4. The van der Waals surface area contributed by atoms with E-state index in [2.05, 4.69) is 59.1 Å². The smallest absolute Gasteiger partial charge is 0.221 e. The van der Waals surface area contributed by atoms with Gasteiger partial charge in [0.05, 0.1) is 28.1 Å². The number of pyridine rings is 1. The monoisotopic (exact) mass is 395 g/mol. The second-order valence-electron chi connectivity index (χ2n) is 7.37. The fourth-order valence-corrected chi connectivity index (χ4v) is 4.38. The van der Waals surface area contributed by atoms with E-state index >= 15 is 0 Å². The molecule has 0 spiro atoms. The summed E-state index contributed by atoms with van der Waals surface area (Å²) in [5, 5.41) is 4.35. The van der Waals surface area contributed by atoms with Crippen LogP contribution in [0.25, 0.3) is 22.6 Å². The Morgan fingerprint density at radius 1 is 1.14 bits per heavy atom. The lowest BCUT2D eigenvalue weighted by atomic mass is 10.1. The first-order chi connectivity index (χ1) is 13.5. The van der Waals surface area contributed by atoms with E-state index in [0.717, 1.165) is 58.8 Å². The summed E-state index contributed by atoms with van der Waals surface area (Å²) >= 11 is 6.68. The Kier molecular flexibility index (Phi) is 5.13. The molecule has 3 heterocycles. The zero-order chi connectivity index (χ0) is 19.8. The van der Waals surface area contributed by atoms with Crippen LogP contribution in [0.3, 0.4) is 0 Å². The van der Waals surface area contributed by atoms with E-state index in [1.165, 1.54) is 0 Å². The first-order valence-electron chi connectivity index (χ1n) is 9.87. The van der Waals surface area contributed by atoms with Gasteiger partial charge in [-0.1, -0.05) is 31.5 Å². The third kappa shape index (κ3) is 3.09. The van der Waals surface area contributed by atoms with E-state index in [1.807, 2.05) is 24.5 Å². The highest BCUT2D eigenvalue weighted by molar-refractivity contribution is 6.32. The number of hydrogen-bond donors (Lipinski definition) is 1. The van der Waals surface area contributed by atoms with Crippen molar-refractivity contribution in [3.05, 3.63) is 58.5 Å². The largest absolute Gasteiger partial charge is 0.308 e. The number of halogens is 1. The molecule has 3 aromatic heterocycles. The molecule has 5 nitrogen and oxygen atoms in total. The van der Waals surface area contributed by atoms with Gasteiger partial charge >= 0.3 is 0 Å². The third-order valence-electron chi connectivity index (χ3n) is 5.41. The summed E-state index contributed by atoms with van der Waals surface area (Å²) in [5.74, 6) is 0.837. The highest BCUT2D eigenvalue weighted by atomic mass is 35.5. The average molecular weight is 396 g/mol. The number of aryl methyl sites for hydroxylation is 2. The minimum atomic E-state index is 0.505. The molecule has 0 unspecified atom stereocenters. The first kappa shape index (κ1) is 19.0. The van der Waals surface area contributed by atoms with Crippen molar-refractivity contribution in [1.82, 2.24) is 24.3 Å². The summed E-state index contributed by atoms with van der Waals surface area (Å²) in [4.78, 5) is 9.42. The Bertz CT molecular complexity index is 1110. The molecule has 28 heavy (non-hydrogen) atoms. The van der Waals surface area contributed by atoms with Gasteiger partial charge in [-0.05, 0) is 56.0 Å². The number of rotatable bonds is 6. The van der Waals surface area contributed by atoms with Crippen molar-refractivity contribution in [2.75, 3.05) is 0 Å². The highest BCUT2D eigenvalue weighted by Gasteiger charge is 2.20. The molecule has 1 N–H and O–H groups in total. The topological polar surface area (TPSA) is 47.2 Å². The number of nitrogens with zero attached hydrogens (tertiary/aromatic N) is 4. The lowest BCUT2D eigenvalue weighted by molar-refractivity contribution is 0.480. The van der Waals surface area contributed by atoms with Crippen LogP contribution >= 0.6 is 11.6 Å². The number of hydrogen-bond acceptors (Lipinski definition) is 3. The van der Waals surface area contributed by atoms with Gasteiger partial charge in [0.15, 0.2) is 5.65 Å². The molecule has 0 radical (unpaired) electrons.